The highest BCUT2D eigenvalue weighted by Crippen LogP contribution is 2.28. The van der Waals surface area contributed by atoms with Crippen LogP contribution < -0.4 is 15.6 Å². The number of benzene rings is 3. The third kappa shape index (κ3) is 6.95. The van der Waals surface area contributed by atoms with Crippen molar-refractivity contribution in [2.75, 3.05) is 18.0 Å². The van der Waals surface area contributed by atoms with Crippen LogP contribution in [0.4, 0.5) is 11.4 Å². The van der Waals surface area contributed by atoms with Gasteiger partial charge in [-0.05, 0) is 55.8 Å². The van der Waals surface area contributed by atoms with Crippen LogP contribution in [0.15, 0.2) is 77.5 Å². The highest BCUT2D eigenvalue weighted by molar-refractivity contribution is 6.34. The fourth-order valence-electron chi connectivity index (χ4n) is 3.55. The Morgan fingerprint density at radius 3 is 2.37 bits per heavy atom. The van der Waals surface area contributed by atoms with Crippen LogP contribution in [0.3, 0.4) is 0 Å². The Labute approximate surface area is 224 Å². The van der Waals surface area contributed by atoms with E-state index in [1.807, 2.05) is 24.3 Å². The van der Waals surface area contributed by atoms with Gasteiger partial charge in [-0.1, -0.05) is 41.9 Å². The van der Waals surface area contributed by atoms with Crippen LogP contribution in [-0.4, -0.2) is 41.1 Å². The zero-order chi connectivity index (χ0) is 27.7. The molecule has 0 aliphatic rings. The van der Waals surface area contributed by atoms with Crippen molar-refractivity contribution in [1.82, 2.24) is 10.7 Å². The summed E-state index contributed by atoms with van der Waals surface area (Å²) in [5.41, 5.74) is 3.51. The summed E-state index contributed by atoms with van der Waals surface area (Å²) in [7, 11) is 0. The lowest BCUT2D eigenvalue weighted by molar-refractivity contribution is -0.385. The number of halogens is 1. The van der Waals surface area contributed by atoms with Gasteiger partial charge in [-0.25, -0.2) is 5.43 Å². The van der Waals surface area contributed by atoms with E-state index >= 15 is 0 Å². The number of phenolic OH excluding ortho intramolecular Hbond substituents is 1. The summed E-state index contributed by atoms with van der Waals surface area (Å²) in [6.07, 6.45) is 2.54. The van der Waals surface area contributed by atoms with Crippen LogP contribution in [0.25, 0.3) is 6.08 Å². The van der Waals surface area contributed by atoms with Gasteiger partial charge in [0.15, 0.2) is 0 Å². The van der Waals surface area contributed by atoms with Gasteiger partial charge in [0.25, 0.3) is 11.8 Å². The maximum Gasteiger partial charge on any atom is 0.311 e. The predicted octanol–water partition coefficient (Wildman–Crippen LogP) is 4.72. The number of nitro groups is 1. The maximum absolute atomic E-state index is 13.0. The molecule has 0 spiro atoms. The molecule has 0 atom stereocenters. The number of amides is 2. The number of hydrazone groups is 1. The first-order chi connectivity index (χ1) is 18.2. The third-order valence-electron chi connectivity index (χ3n) is 5.56. The zero-order valence-corrected chi connectivity index (χ0v) is 21.5. The molecule has 2 amide bonds. The number of aromatic hydroxyl groups is 1. The van der Waals surface area contributed by atoms with E-state index in [9.17, 15) is 24.8 Å². The maximum atomic E-state index is 13.0. The molecule has 0 radical (unpaired) electrons. The zero-order valence-electron chi connectivity index (χ0n) is 20.7. The van der Waals surface area contributed by atoms with Gasteiger partial charge in [0.05, 0.1) is 21.7 Å². The number of rotatable bonds is 10. The lowest BCUT2D eigenvalue weighted by Crippen LogP contribution is -2.33. The number of hydrogen-bond donors (Lipinski definition) is 3. The molecule has 0 heterocycles. The van der Waals surface area contributed by atoms with Crippen molar-refractivity contribution in [3.05, 3.63) is 104 Å². The number of nitro benzene ring substituents is 1. The van der Waals surface area contributed by atoms with Crippen molar-refractivity contribution in [2.45, 2.75) is 13.8 Å². The van der Waals surface area contributed by atoms with Gasteiger partial charge in [-0.15, -0.1) is 0 Å². The van der Waals surface area contributed by atoms with Gasteiger partial charge >= 0.3 is 5.69 Å². The molecule has 0 aromatic heterocycles. The molecule has 0 bridgehead atoms. The molecule has 38 heavy (non-hydrogen) atoms. The normalized spacial score (nSPS) is 11.3. The smallest absolute Gasteiger partial charge is 0.311 e. The Balaban J connectivity index is 1.88. The Kier molecular flexibility index (Phi) is 9.55. The molecular formula is C27H26ClN5O5. The second kappa shape index (κ2) is 13.0. The summed E-state index contributed by atoms with van der Waals surface area (Å²) in [5, 5.41) is 27.7. The van der Waals surface area contributed by atoms with E-state index in [2.05, 4.69) is 34.6 Å². The largest absolute Gasteiger partial charge is 0.502 e. The van der Waals surface area contributed by atoms with Crippen molar-refractivity contribution in [2.24, 2.45) is 5.10 Å². The monoisotopic (exact) mass is 535 g/mol. The molecule has 0 fully saturated rings. The van der Waals surface area contributed by atoms with E-state index in [1.54, 1.807) is 18.2 Å². The molecule has 0 unspecified atom stereocenters. The summed E-state index contributed by atoms with van der Waals surface area (Å²) in [4.78, 5) is 38.3. The molecule has 0 saturated heterocycles. The van der Waals surface area contributed by atoms with E-state index in [4.69, 9.17) is 11.6 Å². The molecule has 0 aliphatic heterocycles. The van der Waals surface area contributed by atoms with E-state index in [-0.39, 0.29) is 21.8 Å². The highest BCUT2D eigenvalue weighted by Gasteiger charge is 2.18. The first kappa shape index (κ1) is 27.9. The van der Waals surface area contributed by atoms with E-state index < -0.39 is 28.2 Å². The highest BCUT2D eigenvalue weighted by atomic mass is 35.5. The molecule has 10 nitrogen and oxygen atoms in total. The minimum atomic E-state index is -0.764. The van der Waals surface area contributed by atoms with Crippen LogP contribution in [0.5, 0.6) is 5.75 Å². The van der Waals surface area contributed by atoms with E-state index in [0.717, 1.165) is 31.1 Å². The van der Waals surface area contributed by atoms with Crippen molar-refractivity contribution < 1.29 is 19.6 Å². The summed E-state index contributed by atoms with van der Waals surface area (Å²) in [5.74, 6) is -1.96. The Morgan fingerprint density at radius 1 is 1.05 bits per heavy atom. The van der Waals surface area contributed by atoms with Crippen molar-refractivity contribution in [3.8, 4) is 5.75 Å². The summed E-state index contributed by atoms with van der Waals surface area (Å²) in [6, 6.07) is 17.8. The number of para-hydroxylation sites is 1. The average Bonchev–Trinajstić information content (AvgIpc) is 2.90. The molecule has 3 aromatic rings. The number of anilines is 1. The second-order valence-corrected chi connectivity index (χ2v) is 8.33. The Bertz CT molecular complexity index is 1380. The Morgan fingerprint density at radius 2 is 1.74 bits per heavy atom. The van der Waals surface area contributed by atoms with Gasteiger partial charge in [-0.3, -0.25) is 19.7 Å². The van der Waals surface area contributed by atoms with Gasteiger partial charge in [0.2, 0.25) is 5.75 Å². The lowest BCUT2D eigenvalue weighted by Gasteiger charge is -2.21. The second-order valence-electron chi connectivity index (χ2n) is 7.93. The van der Waals surface area contributed by atoms with Crippen LogP contribution in [0.2, 0.25) is 5.02 Å². The summed E-state index contributed by atoms with van der Waals surface area (Å²) >= 11 is 6.14. The van der Waals surface area contributed by atoms with Crippen molar-refractivity contribution in [1.29, 1.82) is 0 Å². The quantitative estimate of drug-likeness (QED) is 0.149. The van der Waals surface area contributed by atoms with Crippen LogP contribution in [0.1, 0.15) is 35.3 Å². The summed E-state index contributed by atoms with van der Waals surface area (Å²) < 4.78 is 0. The molecule has 3 rings (SSSR count). The molecule has 196 valence electrons. The fourth-order valence-corrected chi connectivity index (χ4v) is 3.77. The summed E-state index contributed by atoms with van der Waals surface area (Å²) in [6.45, 7) is 5.78. The Hall–Kier alpha value is -4.70. The van der Waals surface area contributed by atoms with Gasteiger partial charge < -0.3 is 15.3 Å². The van der Waals surface area contributed by atoms with Crippen molar-refractivity contribution in [3.63, 3.8) is 0 Å². The minimum Gasteiger partial charge on any atom is -0.502 e. The number of carbonyl (C=O) groups is 2. The first-order valence-corrected chi connectivity index (χ1v) is 12.0. The molecule has 11 heteroatoms. The van der Waals surface area contributed by atoms with E-state index in [0.29, 0.717) is 5.56 Å². The average molecular weight is 536 g/mol. The minimum absolute atomic E-state index is 0.0251. The fraction of sp³-hybridized carbons (Fsp3) is 0.148. The number of phenols is 1. The first-order valence-electron chi connectivity index (χ1n) is 11.7. The SMILES string of the molecule is CCN(CC)c1ccc(/C=C(\NC(=O)c2ccccc2Cl)C(=O)NN=Cc2cccc([N+](=O)[O-])c2O)cc1. The lowest BCUT2D eigenvalue weighted by atomic mass is 10.1. The molecule has 3 N–H and O–H groups in total. The standard InChI is InChI=1S/C27H26ClN5O5/c1-3-32(4-2)20-14-12-18(13-15-20)16-23(30-26(35)21-9-5-6-10-22(21)28)27(36)31-29-17-19-8-7-11-24(25(19)34)33(37)38/h5-17,34H,3-4H2,1-2H3,(H,30,35)(H,31,36)/b23-16-,29-17?. The van der Waals surface area contributed by atoms with Crippen LogP contribution in [0, 0.1) is 10.1 Å². The van der Waals surface area contributed by atoms with Crippen molar-refractivity contribution >= 4 is 47.1 Å². The molecule has 0 aliphatic carbocycles. The number of carbonyl (C=O) groups excluding carboxylic acids is 2. The number of hydrogen-bond acceptors (Lipinski definition) is 7. The van der Waals surface area contributed by atoms with Gasteiger partial charge in [0, 0.05) is 30.4 Å². The molecule has 3 aromatic carbocycles. The van der Waals surface area contributed by atoms with Crippen LogP contribution >= 0.6 is 11.6 Å². The van der Waals surface area contributed by atoms with E-state index in [1.165, 1.54) is 24.3 Å². The molecular weight excluding hydrogens is 510 g/mol. The third-order valence-corrected chi connectivity index (χ3v) is 5.89. The number of nitrogens with one attached hydrogen (secondary N) is 2. The topological polar surface area (TPSA) is 137 Å². The number of nitrogens with zero attached hydrogens (tertiary/aromatic N) is 3. The predicted molar refractivity (Wildman–Crippen MR) is 147 cm³/mol. The van der Waals surface area contributed by atoms with Crippen LogP contribution in [-0.2, 0) is 4.79 Å². The molecule has 0 saturated carbocycles. The van der Waals surface area contributed by atoms with Gasteiger partial charge in [0.1, 0.15) is 5.70 Å². The van der Waals surface area contributed by atoms with Gasteiger partial charge in [-0.2, -0.15) is 5.10 Å².